The lowest BCUT2D eigenvalue weighted by Gasteiger charge is -2.25. The van der Waals surface area contributed by atoms with Gasteiger partial charge in [-0.2, -0.15) is 13.2 Å². The van der Waals surface area contributed by atoms with Crippen molar-refractivity contribution in [3.8, 4) is 11.5 Å². The van der Waals surface area contributed by atoms with Crippen LogP contribution < -0.4 is 20.3 Å². The van der Waals surface area contributed by atoms with Crippen molar-refractivity contribution < 1.29 is 37.3 Å². The Hall–Kier alpha value is -2.49. The first kappa shape index (κ1) is 21.6. The van der Waals surface area contributed by atoms with E-state index >= 15 is 0 Å². The van der Waals surface area contributed by atoms with E-state index in [2.05, 4.69) is 0 Å². The van der Waals surface area contributed by atoms with E-state index in [4.69, 9.17) is 9.47 Å². The monoisotopic (exact) mass is 378 g/mol. The summed E-state index contributed by atoms with van der Waals surface area (Å²) < 4.78 is 48.2. The van der Waals surface area contributed by atoms with E-state index in [1.165, 1.54) is 25.3 Å². The minimum atomic E-state index is -4.98. The molecule has 0 bridgehead atoms. The molecule has 26 heavy (non-hydrogen) atoms. The second-order valence-corrected chi connectivity index (χ2v) is 5.98. The lowest BCUT2D eigenvalue weighted by atomic mass is 10.0. The molecule has 3 N–H and O–H groups in total. The molecule has 0 radical (unpaired) electrons. The van der Waals surface area contributed by atoms with Gasteiger partial charge in [0.1, 0.15) is 0 Å². The zero-order valence-electron chi connectivity index (χ0n) is 14.7. The molecule has 1 aromatic rings. The van der Waals surface area contributed by atoms with Crippen molar-refractivity contribution in [1.29, 1.82) is 0 Å². The quantitative estimate of drug-likeness (QED) is 0.658. The summed E-state index contributed by atoms with van der Waals surface area (Å²) in [6.07, 6.45) is -6.36. The first-order valence-corrected chi connectivity index (χ1v) is 7.60. The van der Waals surface area contributed by atoms with E-state index < -0.39 is 30.0 Å². The summed E-state index contributed by atoms with van der Waals surface area (Å²) in [5, 5.41) is 9.25. The molecule has 7 nitrogen and oxygen atoms in total. The number of methoxy groups -OCH3 is 1. The molecule has 0 aliphatic rings. The summed E-state index contributed by atoms with van der Waals surface area (Å²) >= 11 is 0. The summed E-state index contributed by atoms with van der Waals surface area (Å²) in [6.45, 7) is 4.09. The van der Waals surface area contributed by atoms with Crippen molar-refractivity contribution in [2.24, 2.45) is 0 Å². The van der Waals surface area contributed by atoms with Crippen LogP contribution in [-0.2, 0) is 4.79 Å². The van der Waals surface area contributed by atoms with Crippen molar-refractivity contribution >= 4 is 11.8 Å². The average Bonchev–Trinajstić information content (AvgIpc) is 2.50. The number of amides is 2. The van der Waals surface area contributed by atoms with Crippen molar-refractivity contribution in [2.75, 3.05) is 7.11 Å². The third kappa shape index (κ3) is 5.80. The normalized spacial score (nSPS) is 13.7. The summed E-state index contributed by atoms with van der Waals surface area (Å²) in [4.78, 5) is 23.5. The fraction of sp³-hybridized carbons (Fsp3) is 0.500. The van der Waals surface area contributed by atoms with Gasteiger partial charge in [-0.25, -0.2) is 0 Å². The number of aliphatic hydroxyl groups is 1. The molecule has 146 valence electrons. The van der Waals surface area contributed by atoms with Crippen LogP contribution in [0.1, 0.15) is 37.6 Å². The Kier molecular flexibility index (Phi) is 6.85. The maximum Gasteiger partial charge on any atom is 0.417 e. The SMILES string of the molecule is COc1cc(C(=O)NNC(=O)C[C@@](C)(O)C(F)(F)F)ccc1OC(C)C. The zero-order chi connectivity index (χ0) is 20.1. The number of hydrogen-bond donors (Lipinski definition) is 3. The van der Waals surface area contributed by atoms with Gasteiger partial charge in [-0.3, -0.25) is 20.4 Å². The van der Waals surface area contributed by atoms with Crippen molar-refractivity contribution in [2.45, 2.75) is 45.1 Å². The maximum absolute atomic E-state index is 12.5. The molecule has 0 aromatic heterocycles. The Morgan fingerprint density at radius 2 is 1.81 bits per heavy atom. The number of ether oxygens (including phenoxy) is 2. The van der Waals surface area contributed by atoms with Gasteiger partial charge in [-0.15, -0.1) is 0 Å². The molecule has 1 aromatic carbocycles. The minimum Gasteiger partial charge on any atom is -0.493 e. The van der Waals surface area contributed by atoms with Crippen LogP contribution in [0.25, 0.3) is 0 Å². The summed E-state index contributed by atoms with van der Waals surface area (Å²) in [5.74, 6) is -1.30. The summed E-state index contributed by atoms with van der Waals surface area (Å²) in [5.41, 5.74) is 0.671. The van der Waals surface area contributed by atoms with E-state index in [1.807, 2.05) is 24.7 Å². The highest BCUT2D eigenvalue weighted by Gasteiger charge is 2.51. The first-order valence-electron chi connectivity index (χ1n) is 7.60. The lowest BCUT2D eigenvalue weighted by Crippen LogP contribution is -2.49. The van der Waals surface area contributed by atoms with Crippen LogP contribution in [0.4, 0.5) is 13.2 Å². The number of alkyl halides is 3. The van der Waals surface area contributed by atoms with Gasteiger partial charge < -0.3 is 14.6 Å². The molecule has 0 fully saturated rings. The van der Waals surface area contributed by atoms with Gasteiger partial charge in [0, 0.05) is 5.56 Å². The van der Waals surface area contributed by atoms with Crippen LogP contribution in [0.5, 0.6) is 11.5 Å². The molecule has 1 rings (SSSR count). The van der Waals surface area contributed by atoms with Crippen LogP contribution in [0.2, 0.25) is 0 Å². The maximum atomic E-state index is 12.5. The minimum absolute atomic E-state index is 0.0841. The number of hydrazine groups is 1. The van der Waals surface area contributed by atoms with Crippen LogP contribution >= 0.6 is 0 Å². The molecule has 0 saturated heterocycles. The van der Waals surface area contributed by atoms with E-state index in [0.717, 1.165) is 0 Å². The van der Waals surface area contributed by atoms with Crippen molar-refractivity contribution in [3.63, 3.8) is 0 Å². The third-order valence-electron chi connectivity index (χ3n) is 3.22. The smallest absolute Gasteiger partial charge is 0.417 e. The molecule has 0 aliphatic heterocycles. The van der Waals surface area contributed by atoms with E-state index in [0.29, 0.717) is 12.7 Å². The Morgan fingerprint density at radius 3 is 2.31 bits per heavy atom. The van der Waals surface area contributed by atoms with E-state index in [1.54, 1.807) is 0 Å². The Bertz CT molecular complexity index is 660. The highest BCUT2D eigenvalue weighted by molar-refractivity contribution is 5.96. The second kappa shape index (κ2) is 8.26. The van der Waals surface area contributed by atoms with Gasteiger partial charge in [0.2, 0.25) is 5.91 Å². The summed E-state index contributed by atoms with van der Waals surface area (Å²) in [7, 11) is 1.38. The molecule has 1 atom stereocenters. The number of rotatable bonds is 6. The second-order valence-electron chi connectivity index (χ2n) is 5.98. The fourth-order valence-electron chi connectivity index (χ4n) is 1.82. The van der Waals surface area contributed by atoms with Crippen LogP contribution in [-0.4, -0.2) is 41.9 Å². The number of hydrogen-bond acceptors (Lipinski definition) is 5. The van der Waals surface area contributed by atoms with Gasteiger partial charge in [0.05, 0.1) is 19.6 Å². The Labute approximate surface area is 148 Å². The number of carbonyl (C=O) groups excluding carboxylic acids is 2. The fourth-order valence-corrected chi connectivity index (χ4v) is 1.82. The largest absolute Gasteiger partial charge is 0.493 e. The molecule has 0 aliphatic carbocycles. The predicted molar refractivity (Wildman–Crippen MR) is 85.7 cm³/mol. The number of nitrogens with one attached hydrogen (secondary N) is 2. The summed E-state index contributed by atoms with van der Waals surface area (Å²) in [6, 6.07) is 4.24. The number of halogens is 3. The predicted octanol–water partition coefficient (Wildman–Crippen LogP) is 1.95. The standard InChI is InChI=1S/C16H21F3N2O5/c1-9(2)26-11-6-5-10(7-12(11)25-4)14(23)21-20-13(22)8-15(3,24)16(17,18)19/h5-7,9,24H,8H2,1-4H3,(H,20,22)(H,21,23)/t15-/m1/s1. The average molecular weight is 378 g/mol. The van der Waals surface area contributed by atoms with E-state index in [9.17, 15) is 27.9 Å². The highest BCUT2D eigenvalue weighted by atomic mass is 19.4. The van der Waals surface area contributed by atoms with E-state index in [-0.39, 0.29) is 17.4 Å². The van der Waals surface area contributed by atoms with Crippen LogP contribution in [0.15, 0.2) is 18.2 Å². The first-order chi connectivity index (χ1) is 11.9. The molecule has 0 heterocycles. The van der Waals surface area contributed by atoms with Gasteiger partial charge >= 0.3 is 6.18 Å². The molecule has 2 amide bonds. The van der Waals surface area contributed by atoms with Gasteiger partial charge in [-0.1, -0.05) is 0 Å². The van der Waals surface area contributed by atoms with Gasteiger partial charge in [-0.05, 0) is 39.0 Å². The molecular formula is C16H21F3N2O5. The zero-order valence-corrected chi connectivity index (χ0v) is 14.7. The molecule has 0 saturated carbocycles. The van der Waals surface area contributed by atoms with Crippen molar-refractivity contribution in [3.05, 3.63) is 23.8 Å². The Balaban J connectivity index is 2.72. The molecule has 0 spiro atoms. The highest BCUT2D eigenvalue weighted by Crippen LogP contribution is 2.32. The van der Waals surface area contributed by atoms with Gasteiger partial charge in [0.25, 0.3) is 5.91 Å². The number of carbonyl (C=O) groups is 2. The van der Waals surface area contributed by atoms with Crippen LogP contribution in [0, 0.1) is 0 Å². The van der Waals surface area contributed by atoms with Crippen LogP contribution in [0.3, 0.4) is 0 Å². The lowest BCUT2D eigenvalue weighted by molar-refractivity contribution is -0.253. The third-order valence-corrected chi connectivity index (χ3v) is 3.22. The molecule has 10 heteroatoms. The number of benzene rings is 1. The topological polar surface area (TPSA) is 96.9 Å². The molecule has 0 unspecified atom stereocenters. The van der Waals surface area contributed by atoms with Gasteiger partial charge in [0.15, 0.2) is 17.1 Å². The molecular weight excluding hydrogens is 357 g/mol. The van der Waals surface area contributed by atoms with Crippen molar-refractivity contribution in [1.82, 2.24) is 10.9 Å². The Morgan fingerprint density at radius 1 is 1.19 bits per heavy atom.